The molecule has 0 atom stereocenters. The number of thiazole rings is 1. The van der Waals surface area contributed by atoms with E-state index in [1.54, 1.807) is 5.38 Å². The Balaban J connectivity index is 2.21. The highest BCUT2D eigenvalue weighted by molar-refractivity contribution is 7.09. The number of hydrogen-bond donors (Lipinski definition) is 1. The van der Waals surface area contributed by atoms with Crippen LogP contribution in [0.4, 0.5) is 0 Å². The Morgan fingerprint density at radius 3 is 2.86 bits per heavy atom. The molecule has 0 unspecified atom stereocenters. The van der Waals surface area contributed by atoms with E-state index in [1.807, 2.05) is 6.92 Å². The van der Waals surface area contributed by atoms with Crippen LogP contribution in [0.3, 0.4) is 0 Å². The number of rotatable bonds is 3. The Hall–Kier alpha value is -2.55. The fourth-order valence-corrected chi connectivity index (χ4v) is 2.63. The van der Waals surface area contributed by atoms with Gasteiger partial charge in [0.2, 0.25) is 0 Å². The van der Waals surface area contributed by atoms with Gasteiger partial charge in [-0.05, 0) is 13.8 Å². The minimum absolute atomic E-state index is 0.0353. The maximum absolute atomic E-state index is 12.3. The summed E-state index contributed by atoms with van der Waals surface area (Å²) in [6.07, 6.45) is 0. The van der Waals surface area contributed by atoms with Crippen LogP contribution in [0.25, 0.3) is 10.9 Å². The molecule has 3 aromatic heterocycles. The van der Waals surface area contributed by atoms with Crippen molar-refractivity contribution in [2.75, 3.05) is 0 Å². The second kappa shape index (κ2) is 4.77. The fraction of sp³-hybridized carbons (Fsp3) is 0.250. The fourth-order valence-electron chi connectivity index (χ4n) is 2.03. The molecular weight excluding hydrogens is 296 g/mol. The molecule has 0 bridgehead atoms. The lowest BCUT2D eigenvalue weighted by atomic mass is 10.2. The maximum Gasteiger partial charge on any atom is 0.357 e. The summed E-state index contributed by atoms with van der Waals surface area (Å²) in [5.74, 6) is -0.988. The number of hydrogen-bond acceptors (Lipinski definition) is 7. The van der Waals surface area contributed by atoms with Gasteiger partial charge in [-0.3, -0.25) is 4.79 Å². The first-order chi connectivity index (χ1) is 9.97. The highest BCUT2D eigenvalue weighted by atomic mass is 32.1. The van der Waals surface area contributed by atoms with Crippen LogP contribution in [0.1, 0.15) is 27.0 Å². The zero-order valence-corrected chi connectivity index (χ0v) is 12.0. The van der Waals surface area contributed by atoms with Gasteiger partial charge in [0.05, 0.1) is 22.6 Å². The molecule has 0 saturated carbocycles. The summed E-state index contributed by atoms with van der Waals surface area (Å²) in [4.78, 5) is 27.8. The van der Waals surface area contributed by atoms with Crippen molar-refractivity contribution in [1.29, 1.82) is 0 Å². The molecule has 21 heavy (non-hydrogen) atoms. The van der Waals surface area contributed by atoms with E-state index in [2.05, 4.69) is 15.2 Å². The number of nitrogens with zero attached hydrogens (tertiary/aromatic N) is 4. The van der Waals surface area contributed by atoms with Gasteiger partial charge in [-0.25, -0.2) is 14.5 Å². The molecule has 0 aliphatic heterocycles. The average Bonchev–Trinajstić information content (AvgIpc) is 3.00. The zero-order valence-electron chi connectivity index (χ0n) is 11.2. The van der Waals surface area contributed by atoms with Crippen molar-refractivity contribution >= 4 is 28.2 Å². The normalized spacial score (nSPS) is 11.1. The van der Waals surface area contributed by atoms with E-state index in [0.29, 0.717) is 5.69 Å². The lowest BCUT2D eigenvalue weighted by Crippen LogP contribution is -2.26. The minimum atomic E-state index is -1.24. The van der Waals surface area contributed by atoms with Crippen LogP contribution in [0.15, 0.2) is 14.7 Å². The maximum atomic E-state index is 12.3. The van der Waals surface area contributed by atoms with Gasteiger partial charge in [-0.2, -0.15) is 5.10 Å². The number of aryl methyl sites for hydroxylation is 2. The predicted molar refractivity (Wildman–Crippen MR) is 73.7 cm³/mol. The molecule has 9 heteroatoms. The van der Waals surface area contributed by atoms with Crippen LogP contribution < -0.4 is 5.56 Å². The van der Waals surface area contributed by atoms with E-state index in [-0.39, 0.29) is 28.9 Å². The van der Waals surface area contributed by atoms with Crippen molar-refractivity contribution in [1.82, 2.24) is 19.9 Å². The van der Waals surface area contributed by atoms with E-state index in [9.17, 15) is 14.7 Å². The number of aromatic carboxylic acids is 1. The van der Waals surface area contributed by atoms with E-state index in [4.69, 9.17) is 4.52 Å². The summed E-state index contributed by atoms with van der Waals surface area (Å²) < 4.78 is 5.96. The molecule has 3 heterocycles. The summed E-state index contributed by atoms with van der Waals surface area (Å²) in [5, 5.41) is 19.6. The summed E-state index contributed by atoms with van der Waals surface area (Å²) >= 11 is 1.44. The van der Waals surface area contributed by atoms with E-state index >= 15 is 0 Å². The first kappa shape index (κ1) is 13.4. The average molecular weight is 306 g/mol. The third kappa shape index (κ3) is 2.21. The largest absolute Gasteiger partial charge is 0.476 e. The standard InChI is InChI=1S/C12H10N4O4S/c1-5-8-9(15-20-5)11(17)16(14-10(8)12(18)19)3-7-4-21-6(2)13-7/h4H,3H2,1-2H3,(H,18,19). The van der Waals surface area contributed by atoms with E-state index in [0.717, 1.165) is 9.69 Å². The van der Waals surface area contributed by atoms with Gasteiger partial charge in [0, 0.05) is 5.38 Å². The molecule has 0 aromatic carbocycles. The first-order valence-corrected chi connectivity index (χ1v) is 6.86. The zero-order chi connectivity index (χ0) is 15.1. The summed E-state index contributed by atoms with van der Waals surface area (Å²) in [6.45, 7) is 3.47. The quantitative estimate of drug-likeness (QED) is 0.774. The molecule has 108 valence electrons. The highest BCUT2D eigenvalue weighted by Crippen LogP contribution is 2.18. The molecule has 8 nitrogen and oxygen atoms in total. The van der Waals surface area contributed by atoms with Crippen molar-refractivity contribution in [3.05, 3.63) is 37.9 Å². The van der Waals surface area contributed by atoms with Crippen molar-refractivity contribution in [2.45, 2.75) is 20.4 Å². The first-order valence-electron chi connectivity index (χ1n) is 5.98. The van der Waals surface area contributed by atoms with Crippen LogP contribution in [-0.2, 0) is 6.54 Å². The van der Waals surface area contributed by atoms with Gasteiger partial charge in [-0.15, -0.1) is 11.3 Å². The van der Waals surface area contributed by atoms with Crippen LogP contribution in [0.5, 0.6) is 0 Å². The molecule has 0 fully saturated rings. The lowest BCUT2D eigenvalue weighted by molar-refractivity contribution is 0.0690. The number of aromatic nitrogens is 4. The molecule has 1 N–H and O–H groups in total. The summed E-state index contributed by atoms with van der Waals surface area (Å²) in [6, 6.07) is 0. The molecule has 0 radical (unpaired) electrons. The smallest absolute Gasteiger partial charge is 0.357 e. The predicted octanol–water partition coefficient (Wildman–Crippen LogP) is 1.20. The molecule has 0 aliphatic rings. The SMILES string of the molecule is Cc1nc(Cn2nc(C(=O)O)c3c(C)onc3c2=O)cs1. The van der Waals surface area contributed by atoms with Gasteiger partial charge in [0.1, 0.15) is 5.76 Å². The Labute approximate surface area is 121 Å². The second-order valence-electron chi connectivity index (χ2n) is 4.44. The molecule has 0 saturated heterocycles. The Kier molecular flexibility index (Phi) is 3.05. The van der Waals surface area contributed by atoms with Gasteiger partial charge in [0.25, 0.3) is 5.56 Å². The highest BCUT2D eigenvalue weighted by Gasteiger charge is 2.22. The molecule has 3 aromatic rings. The number of carboxylic acids is 1. The Morgan fingerprint density at radius 2 is 2.24 bits per heavy atom. The Bertz CT molecular complexity index is 908. The van der Waals surface area contributed by atoms with Gasteiger partial charge < -0.3 is 9.63 Å². The number of carbonyl (C=O) groups is 1. The molecule has 0 spiro atoms. The number of carboxylic acid groups (broad SMARTS) is 1. The minimum Gasteiger partial charge on any atom is -0.476 e. The molecule has 0 amide bonds. The van der Waals surface area contributed by atoms with Crippen molar-refractivity contribution in [3.63, 3.8) is 0 Å². The van der Waals surface area contributed by atoms with Crippen LogP contribution in [-0.4, -0.2) is 31.0 Å². The number of fused-ring (bicyclic) bond motifs is 1. The molecule has 0 aliphatic carbocycles. The van der Waals surface area contributed by atoms with Gasteiger partial charge >= 0.3 is 5.97 Å². The molecule has 3 rings (SSSR count). The topological polar surface area (TPSA) is 111 Å². The second-order valence-corrected chi connectivity index (χ2v) is 5.50. The van der Waals surface area contributed by atoms with Crippen LogP contribution >= 0.6 is 11.3 Å². The summed E-state index contributed by atoms with van der Waals surface area (Å²) in [5.41, 5.74) is -0.150. The third-order valence-electron chi connectivity index (χ3n) is 2.94. The van der Waals surface area contributed by atoms with Crippen LogP contribution in [0, 0.1) is 13.8 Å². The molecular formula is C12H10N4O4S. The van der Waals surface area contributed by atoms with Crippen molar-refractivity contribution < 1.29 is 14.4 Å². The van der Waals surface area contributed by atoms with Crippen LogP contribution in [0.2, 0.25) is 0 Å². The van der Waals surface area contributed by atoms with Crippen molar-refractivity contribution in [2.24, 2.45) is 0 Å². The van der Waals surface area contributed by atoms with E-state index in [1.165, 1.54) is 18.3 Å². The summed E-state index contributed by atoms with van der Waals surface area (Å²) in [7, 11) is 0. The van der Waals surface area contributed by atoms with E-state index < -0.39 is 11.5 Å². The third-order valence-corrected chi connectivity index (χ3v) is 3.76. The van der Waals surface area contributed by atoms with Gasteiger partial charge in [0.15, 0.2) is 11.2 Å². The van der Waals surface area contributed by atoms with Crippen molar-refractivity contribution in [3.8, 4) is 0 Å². The Morgan fingerprint density at radius 1 is 1.48 bits per heavy atom. The van der Waals surface area contributed by atoms with Gasteiger partial charge in [-0.1, -0.05) is 5.16 Å². The monoisotopic (exact) mass is 306 g/mol. The lowest BCUT2D eigenvalue weighted by Gasteiger charge is -2.04.